The van der Waals surface area contributed by atoms with Gasteiger partial charge in [0.25, 0.3) is 5.91 Å². The van der Waals surface area contributed by atoms with Crippen LogP contribution in [0.4, 0.5) is 4.79 Å². The Morgan fingerprint density at radius 1 is 1.07 bits per heavy atom. The van der Waals surface area contributed by atoms with Gasteiger partial charge >= 0.3 is 6.09 Å². The lowest BCUT2D eigenvalue weighted by Gasteiger charge is -2.36. The van der Waals surface area contributed by atoms with Crippen molar-refractivity contribution in [2.45, 2.75) is 64.3 Å². The Hall–Kier alpha value is -3.30. The highest BCUT2D eigenvalue weighted by Gasteiger charge is 2.39. The van der Waals surface area contributed by atoms with E-state index in [0.29, 0.717) is 37.8 Å². The van der Waals surface area contributed by atoms with Gasteiger partial charge in [-0.3, -0.25) is 4.79 Å². The van der Waals surface area contributed by atoms with Crippen molar-refractivity contribution in [2.75, 3.05) is 47.1 Å². The number of rotatable bonds is 11. The Bertz CT molecular complexity index is 1140. The SMILES string of the molecule is COCCCOc1cc(CN(C(=O)[C@H]2CN(C(=O)OC(C)(C)C)CCO2)C2CC2)cc(-c2ccccc2)c1OC. The molecule has 0 spiro atoms. The predicted octanol–water partition coefficient (Wildman–Crippen LogP) is 4.90. The van der Waals surface area contributed by atoms with Gasteiger partial charge in [0, 0.05) is 44.8 Å². The number of hydrogen-bond donors (Lipinski definition) is 0. The van der Waals surface area contributed by atoms with E-state index in [1.165, 1.54) is 0 Å². The summed E-state index contributed by atoms with van der Waals surface area (Å²) in [5.74, 6) is 1.17. The average molecular weight is 555 g/mol. The second-order valence-corrected chi connectivity index (χ2v) is 11.2. The number of nitrogens with zero attached hydrogens (tertiary/aromatic N) is 2. The maximum Gasteiger partial charge on any atom is 0.410 e. The van der Waals surface area contributed by atoms with Gasteiger partial charge in [0.2, 0.25) is 0 Å². The molecule has 2 aromatic carbocycles. The zero-order valence-corrected chi connectivity index (χ0v) is 24.3. The molecule has 2 fully saturated rings. The maximum atomic E-state index is 13.8. The summed E-state index contributed by atoms with van der Waals surface area (Å²) in [7, 11) is 3.31. The summed E-state index contributed by atoms with van der Waals surface area (Å²) in [5, 5.41) is 0. The van der Waals surface area contributed by atoms with Crippen LogP contribution < -0.4 is 9.47 Å². The molecule has 0 bridgehead atoms. The Balaban J connectivity index is 1.57. The van der Waals surface area contributed by atoms with Crippen molar-refractivity contribution in [1.82, 2.24) is 9.80 Å². The van der Waals surface area contributed by atoms with Gasteiger partial charge in [-0.1, -0.05) is 30.3 Å². The van der Waals surface area contributed by atoms with Crippen LogP contribution in [0.15, 0.2) is 42.5 Å². The van der Waals surface area contributed by atoms with Crippen LogP contribution in [0.25, 0.3) is 11.1 Å². The van der Waals surface area contributed by atoms with Gasteiger partial charge < -0.3 is 33.5 Å². The number of methoxy groups -OCH3 is 2. The summed E-state index contributed by atoms with van der Waals surface area (Å²) >= 11 is 0. The van der Waals surface area contributed by atoms with Crippen molar-refractivity contribution in [3.8, 4) is 22.6 Å². The third-order valence-electron chi connectivity index (χ3n) is 6.77. The van der Waals surface area contributed by atoms with Gasteiger partial charge in [-0.15, -0.1) is 0 Å². The summed E-state index contributed by atoms with van der Waals surface area (Å²) in [5.41, 5.74) is 2.22. The second-order valence-electron chi connectivity index (χ2n) is 11.2. The summed E-state index contributed by atoms with van der Waals surface area (Å²) in [6.07, 6.45) is 1.46. The number of benzene rings is 2. The van der Waals surface area contributed by atoms with Crippen LogP contribution in [0.1, 0.15) is 45.6 Å². The van der Waals surface area contributed by atoms with Crippen molar-refractivity contribution in [3.63, 3.8) is 0 Å². The van der Waals surface area contributed by atoms with Crippen LogP contribution in [0, 0.1) is 0 Å². The number of morpholine rings is 1. The van der Waals surface area contributed by atoms with Crippen molar-refractivity contribution in [2.24, 2.45) is 0 Å². The summed E-state index contributed by atoms with van der Waals surface area (Å²) in [6, 6.07) is 14.2. The number of carbonyl (C=O) groups is 2. The molecule has 1 saturated heterocycles. The summed E-state index contributed by atoms with van der Waals surface area (Å²) in [4.78, 5) is 29.9. The maximum absolute atomic E-state index is 13.8. The third kappa shape index (κ3) is 7.88. The van der Waals surface area contributed by atoms with Crippen molar-refractivity contribution < 1.29 is 33.3 Å². The molecule has 0 radical (unpaired) electrons. The zero-order valence-electron chi connectivity index (χ0n) is 24.3. The molecule has 40 heavy (non-hydrogen) atoms. The monoisotopic (exact) mass is 554 g/mol. The minimum Gasteiger partial charge on any atom is -0.492 e. The molecule has 1 aliphatic heterocycles. The number of hydrogen-bond acceptors (Lipinski definition) is 7. The number of carbonyl (C=O) groups excluding carboxylic acids is 2. The van der Waals surface area contributed by atoms with Gasteiger partial charge in [0.1, 0.15) is 5.60 Å². The van der Waals surface area contributed by atoms with E-state index in [1.807, 2.05) is 62.1 Å². The van der Waals surface area contributed by atoms with E-state index in [9.17, 15) is 9.59 Å². The highest BCUT2D eigenvalue weighted by molar-refractivity contribution is 5.83. The minimum absolute atomic E-state index is 0.115. The Morgan fingerprint density at radius 3 is 2.48 bits per heavy atom. The fourth-order valence-electron chi connectivity index (χ4n) is 4.73. The van der Waals surface area contributed by atoms with E-state index >= 15 is 0 Å². The van der Waals surface area contributed by atoms with Crippen LogP contribution in [0.5, 0.6) is 11.5 Å². The van der Waals surface area contributed by atoms with Gasteiger partial charge in [0.15, 0.2) is 17.6 Å². The molecular formula is C31H42N2O7. The number of ether oxygens (including phenoxy) is 5. The quantitative estimate of drug-likeness (QED) is 0.365. The largest absolute Gasteiger partial charge is 0.492 e. The zero-order chi connectivity index (χ0) is 28.7. The highest BCUT2D eigenvalue weighted by Crippen LogP contribution is 2.40. The Morgan fingerprint density at radius 2 is 1.82 bits per heavy atom. The van der Waals surface area contributed by atoms with E-state index in [2.05, 4.69) is 6.07 Å². The molecule has 2 aromatic rings. The first-order valence-corrected chi connectivity index (χ1v) is 14.0. The molecule has 218 valence electrons. The summed E-state index contributed by atoms with van der Waals surface area (Å²) < 4.78 is 28.5. The van der Waals surface area contributed by atoms with Gasteiger partial charge in [-0.2, -0.15) is 0 Å². The molecule has 4 rings (SSSR count). The van der Waals surface area contributed by atoms with Gasteiger partial charge in [-0.05, 0) is 56.9 Å². The molecule has 1 aliphatic carbocycles. The standard InChI is InChI=1S/C31H42N2O7/c1-31(2,3)40-30(35)32-14-17-39-27(21-32)29(34)33(24-12-13-24)20-22-18-25(23-10-7-6-8-11-23)28(37-5)26(19-22)38-16-9-15-36-4/h6-8,10-11,18-19,24,27H,9,12-17,20-21H2,1-5H3/t27-/m1/s1. The van der Waals surface area contributed by atoms with Crippen molar-refractivity contribution in [1.29, 1.82) is 0 Å². The van der Waals surface area contributed by atoms with E-state index in [0.717, 1.165) is 36.0 Å². The van der Waals surface area contributed by atoms with E-state index in [4.69, 9.17) is 23.7 Å². The average Bonchev–Trinajstić information content (AvgIpc) is 3.78. The van der Waals surface area contributed by atoms with E-state index < -0.39 is 17.8 Å². The van der Waals surface area contributed by atoms with Crippen LogP contribution >= 0.6 is 0 Å². The fourth-order valence-corrected chi connectivity index (χ4v) is 4.73. The lowest BCUT2D eigenvalue weighted by molar-refractivity contribution is -0.150. The Kier molecular flexibility index (Phi) is 9.92. The highest BCUT2D eigenvalue weighted by atomic mass is 16.6. The molecule has 0 unspecified atom stereocenters. The second kappa shape index (κ2) is 13.4. The van der Waals surface area contributed by atoms with Gasteiger partial charge in [0.05, 0.1) is 26.9 Å². The topological polar surface area (TPSA) is 86.8 Å². The first kappa shape index (κ1) is 29.7. The Labute approximate surface area is 237 Å². The molecule has 0 aromatic heterocycles. The molecule has 1 saturated carbocycles. The molecule has 9 nitrogen and oxygen atoms in total. The molecule has 1 atom stereocenters. The molecular weight excluding hydrogens is 512 g/mol. The number of amides is 2. The van der Waals surface area contributed by atoms with E-state index in [1.54, 1.807) is 19.1 Å². The predicted molar refractivity (Wildman–Crippen MR) is 152 cm³/mol. The first-order chi connectivity index (χ1) is 19.2. The third-order valence-corrected chi connectivity index (χ3v) is 6.77. The first-order valence-electron chi connectivity index (χ1n) is 14.0. The molecule has 1 heterocycles. The van der Waals surface area contributed by atoms with Crippen molar-refractivity contribution in [3.05, 3.63) is 48.0 Å². The smallest absolute Gasteiger partial charge is 0.410 e. The van der Waals surface area contributed by atoms with Gasteiger partial charge in [-0.25, -0.2) is 4.79 Å². The molecule has 0 N–H and O–H groups in total. The molecule has 9 heteroatoms. The molecule has 2 aliphatic rings. The summed E-state index contributed by atoms with van der Waals surface area (Å²) in [6.45, 7) is 7.81. The molecule has 2 amide bonds. The van der Waals surface area contributed by atoms with Crippen LogP contribution in [-0.4, -0.2) is 86.7 Å². The van der Waals surface area contributed by atoms with Crippen LogP contribution in [0.2, 0.25) is 0 Å². The minimum atomic E-state index is -0.738. The van der Waals surface area contributed by atoms with E-state index in [-0.39, 0.29) is 25.1 Å². The lowest BCUT2D eigenvalue weighted by Crippen LogP contribution is -2.53. The fraction of sp³-hybridized carbons (Fsp3) is 0.548. The lowest BCUT2D eigenvalue weighted by atomic mass is 10.0. The van der Waals surface area contributed by atoms with Crippen LogP contribution in [-0.2, 0) is 25.5 Å². The normalized spacial score (nSPS) is 17.3. The van der Waals surface area contributed by atoms with Crippen molar-refractivity contribution >= 4 is 12.0 Å². The van der Waals surface area contributed by atoms with Crippen LogP contribution in [0.3, 0.4) is 0 Å².